The topological polar surface area (TPSA) is 87.6 Å². The average molecular weight is 230 g/mol. The van der Waals surface area contributed by atoms with Gasteiger partial charge in [-0.2, -0.15) is 5.10 Å². The number of aromatic nitrogens is 4. The molecule has 6 nitrogen and oxygen atoms in total. The first kappa shape index (κ1) is 9.83. The van der Waals surface area contributed by atoms with E-state index in [1.807, 2.05) is 12.1 Å². The molecule has 2 heterocycles. The maximum Gasteiger partial charge on any atom is 0.438 e. The summed E-state index contributed by atoms with van der Waals surface area (Å²) in [6.45, 7) is 0. The molecule has 0 fully saturated rings. The van der Waals surface area contributed by atoms with Crippen molar-refractivity contribution in [2.45, 2.75) is 12.8 Å². The molecule has 0 aliphatic heterocycles. The lowest BCUT2D eigenvalue weighted by molar-refractivity contribution is 0.381. The van der Waals surface area contributed by atoms with E-state index in [-0.39, 0.29) is 0 Å². The minimum absolute atomic E-state index is 0.509. The van der Waals surface area contributed by atoms with Gasteiger partial charge < -0.3 is 0 Å². The average Bonchev–Trinajstić information content (AvgIpc) is 2.94. The predicted octanol–water partition coefficient (Wildman–Crippen LogP) is 1.02. The molecule has 0 amide bonds. The Kier molecular flexibility index (Phi) is 2.25. The first-order valence-corrected chi connectivity index (χ1v) is 5.28. The molecule has 0 aliphatic carbocycles. The lowest BCUT2D eigenvalue weighted by Crippen LogP contribution is -1.98. The number of H-pyrrole nitrogens is 2. The van der Waals surface area contributed by atoms with E-state index in [4.69, 9.17) is 0 Å². The number of hydrogen-bond donors (Lipinski definition) is 2. The number of aryl methyl sites for hydroxylation is 2. The molecular formula is C11H10N4O2. The number of hydrogen-bond acceptors (Lipinski definition) is 4. The van der Waals surface area contributed by atoms with Crippen molar-refractivity contribution in [1.29, 1.82) is 0 Å². The molecule has 6 heteroatoms. The van der Waals surface area contributed by atoms with E-state index in [9.17, 15) is 4.79 Å². The van der Waals surface area contributed by atoms with Crippen molar-refractivity contribution in [3.05, 3.63) is 46.3 Å². The maximum atomic E-state index is 10.7. The lowest BCUT2D eigenvalue weighted by atomic mass is 10.1. The Morgan fingerprint density at radius 3 is 3.06 bits per heavy atom. The number of fused-ring (bicyclic) bond motifs is 1. The quantitative estimate of drug-likeness (QED) is 0.703. The standard InChI is InChI=1S/C11H10N4O2/c16-11-13-10(15-17-11)4-2-7-1-3-9-8(5-7)6-12-14-9/h1,3,5-6H,2,4H2,(H,12,14)(H,13,15,16). The lowest BCUT2D eigenvalue weighted by Gasteiger charge is -1.98. The zero-order chi connectivity index (χ0) is 11.7. The molecule has 3 aromatic rings. The summed E-state index contributed by atoms with van der Waals surface area (Å²) in [5, 5.41) is 11.6. The Morgan fingerprint density at radius 2 is 2.24 bits per heavy atom. The van der Waals surface area contributed by atoms with Gasteiger partial charge in [0.2, 0.25) is 0 Å². The van der Waals surface area contributed by atoms with Crippen LogP contribution < -0.4 is 5.76 Å². The van der Waals surface area contributed by atoms with Crippen LogP contribution in [0.3, 0.4) is 0 Å². The molecule has 0 aliphatic rings. The van der Waals surface area contributed by atoms with Crippen molar-refractivity contribution in [1.82, 2.24) is 20.3 Å². The number of aromatic amines is 2. The second-order valence-electron chi connectivity index (χ2n) is 3.83. The minimum Gasteiger partial charge on any atom is -0.296 e. The van der Waals surface area contributed by atoms with Gasteiger partial charge in [-0.25, -0.2) is 4.79 Å². The summed E-state index contributed by atoms with van der Waals surface area (Å²) in [5.74, 6) is 0.0626. The monoisotopic (exact) mass is 230 g/mol. The van der Waals surface area contributed by atoms with Crippen LogP contribution in [-0.4, -0.2) is 20.3 Å². The summed E-state index contributed by atoms with van der Waals surface area (Å²) in [6.07, 6.45) is 3.23. The molecule has 1 aromatic carbocycles. The Bertz CT molecular complexity index is 694. The molecular weight excluding hydrogens is 220 g/mol. The molecule has 0 saturated heterocycles. The molecule has 0 unspecified atom stereocenters. The van der Waals surface area contributed by atoms with Crippen molar-refractivity contribution in [2.24, 2.45) is 0 Å². The highest BCUT2D eigenvalue weighted by molar-refractivity contribution is 5.78. The van der Waals surface area contributed by atoms with Crippen LogP contribution in [0, 0.1) is 0 Å². The van der Waals surface area contributed by atoms with E-state index in [0.717, 1.165) is 17.3 Å². The highest BCUT2D eigenvalue weighted by Gasteiger charge is 2.02. The van der Waals surface area contributed by atoms with Crippen LogP contribution in [0.1, 0.15) is 11.4 Å². The normalized spacial score (nSPS) is 11.1. The van der Waals surface area contributed by atoms with Gasteiger partial charge >= 0.3 is 5.76 Å². The zero-order valence-corrected chi connectivity index (χ0v) is 8.93. The number of benzene rings is 1. The van der Waals surface area contributed by atoms with E-state index in [2.05, 4.69) is 30.9 Å². The van der Waals surface area contributed by atoms with Gasteiger partial charge in [-0.15, -0.1) is 0 Å². The van der Waals surface area contributed by atoms with Gasteiger partial charge in [0.25, 0.3) is 0 Å². The summed E-state index contributed by atoms with van der Waals surface area (Å²) >= 11 is 0. The van der Waals surface area contributed by atoms with E-state index in [1.54, 1.807) is 6.20 Å². The highest BCUT2D eigenvalue weighted by Crippen LogP contribution is 2.13. The van der Waals surface area contributed by atoms with Crippen LogP contribution in [0.5, 0.6) is 0 Å². The third-order valence-corrected chi connectivity index (χ3v) is 2.64. The fourth-order valence-electron chi connectivity index (χ4n) is 1.78. The fraction of sp³-hybridized carbons (Fsp3) is 0.182. The third kappa shape index (κ3) is 1.96. The van der Waals surface area contributed by atoms with Gasteiger partial charge in [-0.05, 0) is 24.1 Å². The summed E-state index contributed by atoms with van der Waals surface area (Å²) in [4.78, 5) is 13.3. The van der Waals surface area contributed by atoms with Crippen LogP contribution in [-0.2, 0) is 12.8 Å². The molecule has 86 valence electrons. The van der Waals surface area contributed by atoms with E-state index in [0.29, 0.717) is 12.2 Å². The summed E-state index contributed by atoms with van der Waals surface area (Å²) in [5.41, 5.74) is 2.19. The van der Waals surface area contributed by atoms with Crippen LogP contribution in [0.15, 0.2) is 33.7 Å². The number of nitrogens with zero attached hydrogens (tertiary/aromatic N) is 2. The molecule has 0 atom stereocenters. The molecule has 0 bridgehead atoms. The van der Waals surface area contributed by atoms with Crippen molar-refractivity contribution in [3.8, 4) is 0 Å². The molecule has 2 N–H and O–H groups in total. The third-order valence-electron chi connectivity index (χ3n) is 2.64. The highest BCUT2D eigenvalue weighted by atomic mass is 16.5. The molecule has 17 heavy (non-hydrogen) atoms. The Morgan fingerprint density at radius 1 is 1.29 bits per heavy atom. The Labute approximate surface area is 95.6 Å². The zero-order valence-electron chi connectivity index (χ0n) is 8.93. The van der Waals surface area contributed by atoms with Gasteiger partial charge in [0.1, 0.15) is 0 Å². The summed E-state index contributed by atoms with van der Waals surface area (Å²) in [7, 11) is 0. The van der Waals surface area contributed by atoms with E-state index in [1.165, 1.54) is 5.56 Å². The van der Waals surface area contributed by atoms with Crippen LogP contribution >= 0.6 is 0 Å². The Balaban J connectivity index is 1.78. The van der Waals surface area contributed by atoms with Gasteiger partial charge in [0.05, 0.1) is 11.7 Å². The van der Waals surface area contributed by atoms with Crippen molar-refractivity contribution in [3.63, 3.8) is 0 Å². The van der Waals surface area contributed by atoms with Crippen molar-refractivity contribution < 1.29 is 4.52 Å². The summed E-state index contributed by atoms with van der Waals surface area (Å²) < 4.78 is 4.43. The van der Waals surface area contributed by atoms with Gasteiger partial charge in [0.15, 0.2) is 5.82 Å². The smallest absolute Gasteiger partial charge is 0.296 e. The molecule has 2 aromatic heterocycles. The molecule has 0 spiro atoms. The number of nitrogens with one attached hydrogen (secondary N) is 2. The maximum absolute atomic E-state index is 10.7. The number of rotatable bonds is 3. The van der Waals surface area contributed by atoms with Crippen LogP contribution in [0.25, 0.3) is 10.9 Å². The van der Waals surface area contributed by atoms with Crippen molar-refractivity contribution >= 4 is 10.9 Å². The molecule has 0 radical (unpaired) electrons. The summed E-state index contributed by atoms with van der Waals surface area (Å²) in [6, 6.07) is 6.08. The predicted molar refractivity (Wildman–Crippen MR) is 60.6 cm³/mol. The molecule has 0 saturated carbocycles. The van der Waals surface area contributed by atoms with Crippen LogP contribution in [0.4, 0.5) is 0 Å². The largest absolute Gasteiger partial charge is 0.438 e. The first-order chi connectivity index (χ1) is 8.31. The van der Waals surface area contributed by atoms with Crippen molar-refractivity contribution in [2.75, 3.05) is 0 Å². The van der Waals surface area contributed by atoms with Gasteiger partial charge in [-0.1, -0.05) is 11.2 Å². The van der Waals surface area contributed by atoms with Gasteiger partial charge in [-0.3, -0.25) is 14.6 Å². The van der Waals surface area contributed by atoms with E-state index >= 15 is 0 Å². The van der Waals surface area contributed by atoms with Crippen LogP contribution in [0.2, 0.25) is 0 Å². The fourth-order valence-corrected chi connectivity index (χ4v) is 1.78. The second-order valence-corrected chi connectivity index (χ2v) is 3.83. The Hall–Kier alpha value is -2.37. The van der Waals surface area contributed by atoms with Gasteiger partial charge in [0, 0.05) is 11.8 Å². The first-order valence-electron chi connectivity index (χ1n) is 5.28. The SMILES string of the molecule is O=c1[nH]c(CCc2ccc3[nH]ncc3c2)no1. The molecule has 3 rings (SSSR count). The van der Waals surface area contributed by atoms with E-state index < -0.39 is 5.76 Å². The second kappa shape index (κ2) is 3.89. The minimum atomic E-state index is -0.509.